The van der Waals surface area contributed by atoms with Crippen LogP contribution in [0.3, 0.4) is 0 Å². The molecule has 1 unspecified atom stereocenters. The van der Waals surface area contributed by atoms with Gasteiger partial charge in [-0.05, 0) is 37.6 Å². The van der Waals surface area contributed by atoms with Crippen LogP contribution in [0.15, 0.2) is 30.7 Å². The molecule has 1 aliphatic heterocycles. The Hall–Kier alpha value is -1.68. The molecule has 3 nitrogen and oxygen atoms in total. The second-order valence-electron chi connectivity index (χ2n) is 4.81. The molecule has 1 saturated heterocycles. The van der Waals surface area contributed by atoms with E-state index in [-0.39, 0.29) is 5.82 Å². The molecule has 0 amide bonds. The molecule has 94 valence electrons. The summed E-state index contributed by atoms with van der Waals surface area (Å²) in [6.07, 6.45) is 4.76. The Morgan fingerprint density at radius 2 is 2.33 bits per heavy atom. The van der Waals surface area contributed by atoms with E-state index < -0.39 is 0 Å². The summed E-state index contributed by atoms with van der Waals surface area (Å²) < 4.78 is 15.6. The summed E-state index contributed by atoms with van der Waals surface area (Å²) in [5.41, 5.74) is 2.67. The van der Waals surface area contributed by atoms with Crippen LogP contribution in [0.4, 0.5) is 4.39 Å². The zero-order valence-corrected chi connectivity index (χ0v) is 10.4. The van der Waals surface area contributed by atoms with Gasteiger partial charge in [-0.3, -0.25) is 0 Å². The predicted molar refractivity (Wildman–Crippen MR) is 68.5 cm³/mol. The fourth-order valence-corrected chi connectivity index (χ4v) is 2.46. The Morgan fingerprint density at radius 1 is 1.44 bits per heavy atom. The molecular formula is C14H16FN3. The smallest absolute Gasteiger partial charge is 0.128 e. The van der Waals surface area contributed by atoms with Crippen LogP contribution in [0.25, 0.3) is 5.69 Å². The Kier molecular flexibility index (Phi) is 2.88. The number of imidazole rings is 1. The van der Waals surface area contributed by atoms with E-state index in [1.807, 2.05) is 16.8 Å². The van der Waals surface area contributed by atoms with Crippen molar-refractivity contribution < 1.29 is 4.39 Å². The number of hydrogen-bond donors (Lipinski definition) is 1. The summed E-state index contributed by atoms with van der Waals surface area (Å²) >= 11 is 0. The molecule has 2 aromatic rings. The molecule has 18 heavy (non-hydrogen) atoms. The van der Waals surface area contributed by atoms with Crippen LogP contribution in [-0.4, -0.2) is 22.6 Å². The first-order valence-electron chi connectivity index (χ1n) is 6.25. The van der Waals surface area contributed by atoms with Gasteiger partial charge < -0.3 is 9.88 Å². The number of benzene rings is 1. The number of aryl methyl sites for hydroxylation is 1. The quantitative estimate of drug-likeness (QED) is 0.880. The first-order valence-corrected chi connectivity index (χ1v) is 6.25. The molecule has 0 radical (unpaired) electrons. The molecule has 1 aromatic heterocycles. The van der Waals surface area contributed by atoms with Gasteiger partial charge in [0, 0.05) is 30.0 Å². The normalized spacial score (nSPS) is 19.3. The molecular weight excluding hydrogens is 229 g/mol. The maximum Gasteiger partial charge on any atom is 0.128 e. The zero-order valence-electron chi connectivity index (χ0n) is 10.4. The standard InChI is InChI=1S/C14H16FN3/c1-10-2-3-12(6-13(10)15)18-9-17-8-14(18)11-4-5-16-7-11/h2-3,6,8-9,11,16H,4-5,7H2,1H3. The van der Waals surface area contributed by atoms with Crippen LogP contribution < -0.4 is 5.32 Å². The van der Waals surface area contributed by atoms with Crippen molar-refractivity contribution in [2.24, 2.45) is 0 Å². The molecule has 3 rings (SSSR count). The second kappa shape index (κ2) is 4.53. The molecule has 0 saturated carbocycles. The average molecular weight is 245 g/mol. The summed E-state index contributed by atoms with van der Waals surface area (Å²) in [7, 11) is 0. The first-order chi connectivity index (χ1) is 8.75. The van der Waals surface area contributed by atoms with E-state index in [0.717, 1.165) is 30.9 Å². The lowest BCUT2D eigenvalue weighted by Gasteiger charge is -2.13. The summed E-state index contributed by atoms with van der Waals surface area (Å²) in [5, 5.41) is 3.34. The summed E-state index contributed by atoms with van der Waals surface area (Å²) in [6, 6.07) is 5.32. The minimum Gasteiger partial charge on any atom is -0.316 e. The van der Waals surface area contributed by atoms with E-state index in [9.17, 15) is 4.39 Å². The number of hydrogen-bond acceptors (Lipinski definition) is 2. The van der Waals surface area contributed by atoms with Crippen LogP contribution in [0.1, 0.15) is 23.6 Å². The third-order valence-corrected chi connectivity index (χ3v) is 3.58. The van der Waals surface area contributed by atoms with E-state index in [2.05, 4.69) is 10.3 Å². The minimum absolute atomic E-state index is 0.170. The number of rotatable bonds is 2. The maximum absolute atomic E-state index is 13.6. The van der Waals surface area contributed by atoms with Gasteiger partial charge in [0.15, 0.2) is 0 Å². The zero-order chi connectivity index (χ0) is 12.5. The topological polar surface area (TPSA) is 29.9 Å². The van der Waals surface area contributed by atoms with Crippen LogP contribution in [-0.2, 0) is 0 Å². The molecule has 0 aliphatic carbocycles. The van der Waals surface area contributed by atoms with Crippen molar-refractivity contribution in [2.75, 3.05) is 13.1 Å². The Morgan fingerprint density at radius 3 is 3.06 bits per heavy atom. The molecule has 4 heteroatoms. The van der Waals surface area contributed by atoms with Gasteiger partial charge in [0.2, 0.25) is 0 Å². The van der Waals surface area contributed by atoms with E-state index in [4.69, 9.17) is 0 Å². The highest BCUT2D eigenvalue weighted by molar-refractivity contribution is 5.37. The van der Waals surface area contributed by atoms with Gasteiger partial charge in [0.1, 0.15) is 5.82 Å². The van der Waals surface area contributed by atoms with Gasteiger partial charge in [-0.25, -0.2) is 9.37 Å². The molecule has 1 atom stereocenters. The van der Waals surface area contributed by atoms with Crippen LogP contribution >= 0.6 is 0 Å². The third kappa shape index (κ3) is 1.93. The van der Waals surface area contributed by atoms with Crippen molar-refractivity contribution in [2.45, 2.75) is 19.3 Å². The minimum atomic E-state index is -0.170. The highest BCUT2D eigenvalue weighted by Crippen LogP contribution is 2.25. The number of aromatic nitrogens is 2. The predicted octanol–water partition coefficient (Wildman–Crippen LogP) is 2.40. The molecule has 0 bridgehead atoms. The third-order valence-electron chi connectivity index (χ3n) is 3.58. The lowest BCUT2D eigenvalue weighted by Crippen LogP contribution is -2.10. The summed E-state index contributed by atoms with van der Waals surface area (Å²) in [4.78, 5) is 4.21. The van der Waals surface area contributed by atoms with Gasteiger partial charge in [-0.1, -0.05) is 6.07 Å². The van der Waals surface area contributed by atoms with Crippen molar-refractivity contribution in [1.29, 1.82) is 0 Å². The van der Waals surface area contributed by atoms with Gasteiger partial charge in [0.25, 0.3) is 0 Å². The Balaban J connectivity index is 2.00. The average Bonchev–Trinajstić information content (AvgIpc) is 3.00. The first kappa shape index (κ1) is 11.4. The summed E-state index contributed by atoms with van der Waals surface area (Å²) in [6.45, 7) is 3.78. The fraction of sp³-hybridized carbons (Fsp3) is 0.357. The van der Waals surface area contributed by atoms with Gasteiger partial charge in [-0.2, -0.15) is 0 Å². The van der Waals surface area contributed by atoms with Crippen molar-refractivity contribution >= 4 is 0 Å². The SMILES string of the molecule is Cc1ccc(-n2cncc2C2CCNC2)cc1F. The van der Waals surface area contributed by atoms with Gasteiger partial charge >= 0.3 is 0 Å². The molecule has 2 heterocycles. The van der Waals surface area contributed by atoms with Crippen LogP contribution in [0, 0.1) is 12.7 Å². The largest absolute Gasteiger partial charge is 0.316 e. The van der Waals surface area contributed by atoms with E-state index >= 15 is 0 Å². The molecule has 1 aliphatic rings. The lowest BCUT2D eigenvalue weighted by atomic mass is 10.1. The lowest BCUT2D eigenvalue weighted by molar-refractivity contribution is 0.616. The number of nitrogens with zero attached hydrogens (tertiary/aromatic N) is 2. The highest BCUT2D eigenvalue weighted by atomic mass is 19.1. The van der Waals surface area contributed by atoms with E-state index in [0.29, 0.717) is 11.5 Å². The monoisotopic (exact) mass is 245 g/mol. The van der Waals surface area contributed by atoms with Crippen LogP contribution in [0.5, 0.6) is 0 Å². The molecule has 0 spiro atoms. The Bertz CT molecular complexity index is 556. The van der Waals surface area contributed by atoms with Gasteiger partial charge in [-0.15, -0.1) is 0 Å². The van der Waals surface area contributed by atoms with E-state index in [1.165, 1.54) is 0 Å². The van der Waals surface area contributed by atoms with Crippen molar-refractivity contribution in [1.82, 2.24) is 14.9 Å². The molecule has 1 N–H and O–H groups in total. The maximum atomic E-state index is 13.6. The van der Waals surface area contributed by atoms with Gasteiger partial charge in [0.05, 0.1) is 6.33 Å². The summed E-state index contributed by atoms with van der Waals surface area (Å²) in [5.74, 6) is 0.300. The fourth-order valence-electron chi connectivity index (χ4n) is 2.46. The van der Waals surface area contributed by atoms with Crippen LogP contribution in [0.2, 0.25) is 0 Å². The molecule has 1 aromatic carbocycles. The second-order valence-corrected chi connectivity index (χ2v) is 4.81. The number of nitrogens with one attached hydrogen (secondary N) is 1. The van der Waals surface area contributed by atoms with E-state index in [1.54, 1.807) is 25.4 Å². The highest BCUT2D eigenvalue weighted by Gasteiger charge is 2.20. The van der Waals surface area contributed by atoms with Crippen molar-refractivity contribution in [3.63, 3.8) is 0 Å². The number of halogens is 1. The molecule has 1 fully saturated rings. The Labute approximate surface area is 106 Å². The van der Waals surface area contributed by atoms with Crippen molar-refractivity contribution in [3.05, 3.63) is 47.8 Å². The van der Waals surface area contributed by atoms with Crippen molar-refractivity contribution in [3.8, 4) is 5.69 Å².